The van der Waals surface area contributed by atoms with Crippen LogP contribution in [-0.2, 0) is 14.3 Å². The van der Waals surface area contributed by atoms with Crippen molar-refractivity contribution >= 4 is 29.1 Å². The first-order valence-corrected chi connectivity index (χ1v) is 13.2. The van der Waals surface area contributed by atoms with Crippen LogP contribution in [0.25, 0.3) is 5.76 Å². The molecule has 202 valence electrons. The standard InChI is InChI=1S/C31H32N2O6/c1-3-5-6-19-38-25-15-11-21(12-16-25)28(34)26-27(23-8-7-17-32-20-23)33(30(36)29(26)35)24-13-9-22(10-14-24)31(37)39-18-4-2/h7-17,20,27,34H,3-6,18-19H2,1-2H3/b28-26+. The van der Waals surface area contributed by atoms with Crippen molar-refractivity contribution in [3.8, 4) is 5.75 Å². The highest BCUT2D eigenvalue weighted by molar-refractivity contribution is 6.51. The summed E-state index contributed by atoms with van der Waals surface area (Å²) in [5.74, 6) is -1.70. The summed E-state index contributed by atoms with van der Waals surface area (Å²) in [5, 5.41) is 11.3. The van der Waals surface area contributed by atoms with Crippen molar-refractivity contribution in [3.05, 3.63) is 95.3 Å². The molecule has 39 heavy (non-hydrogen) atoms. The minimum atomic E-state index is -0.915. The zero-order valence-corrected chi connectivity index (χ0v) is 22.1. The van der Waals surface area contributed by atoms with Crippen LogP contribution in [0.15, 0.2) is 78.6 Å². The zero-order chi connectivity index (χ0) is 27.8. The van der Waals surface area contributed by atoms with Crippen molar-refractivity contribution in [2.24, 2.45) is 0 Å². The lowest BCUT2D eigenvalue weighted by Crippen LogP contribution is -2.29. The van der Waals surface area contributed by atoms with Gasteiger partial charge in [-0.15, -0.1) is 0 Å². The van der Waals surface area contributed by atoms with Crippen molar-refractivity contribution in [1.82, 2.24) is 4.98 Å². The summed E-state index contributed by atoms with van der Waals surface area (Å²) in [6.45, 7) is 4.93. The van der Waals surface area contributed by atoms with Gasteiger partial charge in [-0.05, 0) is 73.0 Å². The summed E-state index contributed by atoms with van der Waals surface area (Å²) < 4.78 is 10.9. The number of esters is 1. The highest BCUT2D eigenvalue weighted by atomic mass is 16.5. The minimum Gasteiger partial charge on any atom is -0.507 e. The van der Waals surface area contributed by atoms with E-state index in [1.807, 2.05) is 6.92 Å². The second kappa shape index (κ2) is 12.9. The van der Waals surface area contributed by atoms with Crippen LogP contribution in [0.4, 0.5) is 5.69 Å². The molecule has 0 radical (unpaired) electrons. The Kier molecular flexibility index (Phi) is 9.10. The highest BCUT2D eigenvalue weighted by Gasteiger charge is 2.47. The Morgan fingerprint density at radius 1 is 0.923 bits per heavy atom. The van der Waals surface area contributed by atoms with Crippen LogP contribution in [0.5, 0.6) is 5.75 Å². The number of pyridine rings is 1. The van der Waals surface area contributed by atoms with Crippen LogP contribution in [0.3, 0.4) is 0 Å². The lowest BCUT2D eigenvalue weighted by atomic mass is 9.96. The number of nitrogens with zero attached hydrogens (tertiary/aromatic N) is 2. The van der Waals surface area contributed by atoms with Crippen LogP contribution in [0, 0.1) is 0 Å². The minimum absolute atomic E-state index is 0.0453. The molecule has 1 aliphatic rings. The smallest absolute Gasteiger partial charge is 0.338 e. The third-order valence-corrected chi connectivity index (χ3v) is 6.41. The van der Waals surface area contributed by atoms with Crippen LogP contribution in [-0.4, -0.2) is 41.0 Å². The first kappa shape index (κ1) is 27.6. The second-order valence-corrected chi connectivity index (χ2v) is 9.22. The first-order chi connectivity index (χ1) is 19.0. The molecule has 0 saturated carbocycles. The summed E-state index contributed by atoms with van der Waals surface area (Å²) in [4.78, 5) is 44.4. The van der Waals surface area contributed by atoms with Crippen LogP contribution in [0.1, 0.15) is 67.1 Å². The molecule has 0 aliphatic carbocycles. The van der Waals surface area contributed by atoms with E-state index in [0.29, 0.717) is 47.8 Å². The number of rotatable bonds is 11. The van der Waals surface area contributed by atoms with Gasteiger partial charge in [0.05, 0.1) is 30.4 Å². The van der Waals surface area contributed by atoms with E-state index in [1.165, 1.54) is 4.90 Å². The summed E-state index contributed by atoms with van der Waals surface area (Å²) in [6.07, 6.45) is 6.98. The Labute approximate surface area is 227 Å². The molecule has 3 aromatic rings. The molecule has 1 amide bonds. The molecule has 1 atom stereocenters. The van der Waals surface area contributed by atoms with Gasteiger partial charge >= 0.3 is 5.97 Å². The van der Waals surface area contributed by atoms with Gasteiger partial charge in [0, 0.05) is 23.6 Å². The maximum Gasteiger partial charge on any atom is 0.338 e. The molecule has 0 spiro atoms. The second-order valence-electron chi connectivity index (χ2n) is 9.22. The van der Waals surface area contributed by atoms with E-state index in [9.17, 15) is 19.5 Å². The zero-order valence-electron chi connectivity index (χ0n) is 22.1. The van der Waals surface area contributed by atoms with E-state index in [0.717, 1.165) is 19.3 Å². The topological polar surface area (TPSA) is 106 Å². The maximum absolute atomic E-state index is 13.3. The lowest BCUT2D eigenvalue weighted by Gasteiger charge is -2.25. The average Bonchev–Trinajstić information content (AvgIpc) is 3.24. The molecule has 0 bridgehead atoms. The fourth-order valence-corrected chi connectivity index (χ4v) is 4.39. The van der Waals surface area contributed by atoms with Gasteiger partial charge in [-0.1, -0.05) is 32.8 Å². The van der Waals surface area contributed by atoms with Crippen LogP contribution >= 0.6 is 0 Å². The summed E-state index contributed by atoms with van der Waals surface area (Å²) in [6, 6.07) is 15.6. The van der Waals surface area contributed by atoms with Gasteiger partial charge in [0.25, 0.3) is 11.7 Å². The van der Waals surface area contributed by atoms with Crippen LogP contribution in [0.2, 0.25) is 0 Å². The number of amides is 1. The summed E-state index contributed by atoms with van der Waals surface area (Å²) >= 11 is 0. The number of aliphatic hydroxyl groups excluding tert-OH is 1. The fourth-order valence-electron chi connectivity index (χ4n) is 4.39. The number of anilines is 1. The van der Waals surface area contributed by atoms with Gasteiger partial charge in [-0.3, -0.25) is 19.5 Å². The number of benzene rings is 2. The summed E-state index contributed by atoms with van der Waals surface area (Å²) in [7, 11) is 0. The van der Waals surface area contributed by atoms with Crippen molar-refractivity contribution in [2.75, 3.05) is 18.1 Å². The molecule has 2 aromatic carbocycles. The molecule has 2 heterocycles. The first-order valence-electron chi connectivity index (χ1n) is 13.2. The highest BCUT2D eigenvalue weighted by Crippen LogP contribution is 2.42. The van der Waals surface area contributed by atoms with E-state index in [2.05, 4.69) is 11.9 Å². The molecule has 8 nitrogen and oxygen atoms in total. The Morgan fingerprint density at radius 2 is 1.64 bits per heavy atom. The number of ether oxygens (including phenoxy) is 2. The number of carbonyl (C=O) groups is 3. The van der Waals surface area contributed by atoms with Gasteiger partial charge < -0.3 is 14.6 Å². The number of hydrogen-bond donors (Lipinski definition) is 1. The molecule has 1 aliphatic heterocycles. The molecule has 1 fully saturated rings. The van der Waals surface area contributed by atoms with Crippen LogP contribution < -0.4 is 9.64 Å². The average molecular weight is 529 g/mol. The Hall–Kier alpha value is -4.46. The maximum atomic E-state index is 13.3. The molecule has 1 aromatic heterocycles. The number of aromatic nitrogens is 1. The molecule has 1 unspecified atom stereocenters. The third-order valence-electron chi connectivity index (χ3n) is 6.41. The van der Waals surface area contributed by atoms with Gasteiger partial charge in [-0.25, -0.2) is 4.79 Å². The number of hydrogen-bond acceptors (Lipinski definition) is 7. The Balaban J connectivity index is 1.69. The molecular formula is C31H32N2O6. The predicted molar refractivity (Wildman–Crippen MR) is 147 cm³/mol. The number of aliphatic hydroxyl groups is 1. The lowest BCUT2D eigenvalue weighted by molar-refractivity contribution is -0.132. The van der Waals surface area contributed by atoms with Gasteiger partial charge in [0.2, 0.25) is 0 Å². The van der Waals surface area contributed by atoms with Gasteiger partial charge in [0.1, 0.15) is 11.5 Å². The number of carbonyl (C=O) groups excluding carboxylic acids is 3. The summed E-state index contributed by atoms with van der Waals surface area (Å²) in [5.41, 5.74) is 1.63. The third kappa shape index (κ3) is 6.17. The van der Waals surface area contributed by atoms with Crippen molar-refractivity contribution in [2.45, 2.75) is 45.6 Å². The quantitative estimate of drug-likeness (QED) is 0.109. The number of ketones is 1. The molecule has 1 N–H and O–H groups in total. The predicted octanol–water partition coefficient (Wildman–Crippen LogP) is 5.84. The molecule has 1 saturated heterocycles. The van der Waals surface area contributed by atoms with Crippen molar-refractivity contribution < 1.29 is 29.0 Å². The van der Waals surface area contributed by atoms with E-state index in [-0.39, 0.29) is 11.3 Å². The Bertz CT molecular complexity index is 1330. The van der Waals surface area contributed by atoms with Gasteiger partial charge in [0.15, 0.2) is 0 Å². The van der Waals surface area contributed by atoms with E-state index in [4.69, 9.17) is 9.47 Å². The van der Waals surface area contributed by atoms with E-state index in [1.54, 1.807) is 73.1 Å². The fraction of sp³-hybridized carbons (Fsp3) is 0.290. The SMILES string of the molecule is CCCCCOc1ccc(/C(O)=C2\C(=O)C(=O)N(c3ccc(C(=O)OCCC)cc3)C2c2cccnc2)cc1. The van der Waals surface area contributed by atoms with E-state index >= 15 is 0 Å². The number of unbranched alkanes of at least 4 members (excludes halogenated alkanes) is 2. The normalized spacial score (nSPS) is 16.4. The van der Waals surface area contributed by atoms with Crippen molar-refractivity contribution in [3.63, 3.8) is 0 Å². The van der Waals surface area contributed by atoms with E-state index < -0.39 is 23.7 Å². The molecular weight excluding hydrogens is 496 g/mol. The van der Waals surface area contributed by atoms with Crippen molar-refractivity contribution in [1.29, 1.82) is 0 Å². The molecule has 8 heteroatoms. The molecule has 4 rings (SSSR count). The van der Waals surface area contributed by atoms with Gasteiger partial charge in [-0.2, -0.15) is 0 Å². The largest absolute Gasteiger partial charge is 0.507 e. The number of Topliss-reactive ketones (excluding diaryl/α,β-unsaturated/α-hetero) is 1. The monoisotopic (exact) mass is 528 g/mol. The Morgan fingerprint density at radius 3 is 2.28 bits per heavy atom.